The highest BCUT2D eigenvalue weighted by Crippen LogP contribution is 2.35. The maximum Gasteiger partial charge on any atom is 0.168 e. The van der Waals surface area contributed by atoms with Gasteiger partial charge in [-0.15, -0.1) is 0 Å². The summed E-state index contributed by atoms with van der Waals surface area (Å²) in [5, 5.41) is 0. The first kappa shape index (κ1) is 40.0. The van der Waals surface area contributed by atoms with E-state index in [0.717, 1.165) is 25.7 Å². The number of rotatable bonds is 31. The first-order chi connectivity index (χ1) is 21.3. The van der Waals surface area contributed by atoms with Crippen LogP contribution in [0.2, 0.25) is 6.32 Å². The van der Waals surface area contributed by atoms with E-state index in [9.17, 15) is 0 Å². The van der Waals surface area contributed by atoms with Crippen LogP contribution in [-0.4, -0.2) is 26.3 Å². The third-order valence-electron chi connectivity index (χ3n) is 8.69. The minimum Gasteiger partial charge on any atom is -0.347 e. The molecule has 1 saturated heterocycles. The molecule has 1 unspecified atom stereocenters. The molecule has 246 valence electrons. The molecule has 43 heavy (non-hydrogen) atoms. The van der Waals surface area contributed by atoms with Crippen LogP contribution in [0.5, 0.6) is 0 Å². The first-order valence-electron chi connectivity index (χ1n) is 18.9. The van der Waals surface area contributed by atoms with E-state index < -0.39 is 0 Å². The van der Waals surface area contributed by atoms with Crippen LogP contribution in [0.25, 0.3) is 0 Å². The number of hydrogen-bond donors (Lipinski definition) is 0. The molecular weight excluding hydrogens is 523 g/mol. The van der Waals surface area contributed by atoms with Crippen LogP contribution in [0, 0.1) is 0 Å². The third-order valence-corrected chi connectivity index (χ3v) is 8.69. The van der Waals surface area contributed by atoms with Gasteiger partial charge in [-0.05, 0) is 77.0 Å². The Morgan fingerprint density at radius 3 is 1.26 bits per heavy atom. The fourth-order valence-corrected chi connectivity index (χ4v) is 5.89. The summed E-state index contributed by atoms with van der Waals surface area (Å²) in [5.74, 6) is -0.367. The monoisotopic (exact) mass is 595 g/mol. The van der Waals surface area contributed by atoms with Gasteiger partial charge in [0.05, 0.1) is 20.6 Å². The van der Waals surface area contributed by atoms with Crippen molar-refractivity contribution in [3.8, 4) is 0 Å². The second-order valence-electron chi connectivity index (χ2n) is 12.9. The van der Waals surface area contributed by atoms with E-state index in [4.69, 9.17) is 17.3 Å². The fourth-order valence-electron chi connectivity index (χ4n) is 5.89. The molecule has 0 bridgehead atoms. The van der Waals surface area contributed by atoms with Crippen LogP contribution in [0.1, 0.15) is 181 Å². The highest BCUT2D eigenvalue weighted by Gasteiger charge is 2.39. The minimum atomic E-state index is -0.367. The number of ether oxygens (including phenoxy) is 2. The lowest BCUT2D eigenvalue weighted by atomic mass is 9.98. The smallest absolute Gasteiger partial charge is 0.168 e. The van der Waals surface area contributed by atoms with Crippen molar-refractivity contribution in [3.63, 3.8) is 0 Å². The maximum absolute atomic E-state index is 6.37. The van der Waals surface area contributed by atoms with Gasteiger partial charge in [-0.2, -0.15) is 0 Å². The van der Waals surface area contributed by atoms with Gasteiger partial charge in [0.2, 0.25) is 0 Å². The quantitative estimate of drug-likeness (QED) is 0.0451. The highest BCUT2D eigenvalue weighted by atomic mass is 16.7. The number of allylic oxidation sites excluding steroid dienone is 8. The molecule has 0 aromatic carbocycles. The van der Waals surface area contributed by atoms with Gasteiger partial charge in [0.25, 0.3) is 0 Å². The Balaban J connectivity index is 2.04. The predicted octanol–water partition coefficient (Wildman–Crippen LogP) is 13.1. The van der Waals surface area contributed by atoms with Gasteiger partial charge in [0.1, 0.15) is 0 Å². The number of unbranched alkanes of at least 4 members (excludes halogenated alkanes) is 18. The van der Waals surface area contributed by atoms with Crippen molar-refractivity contribution in [1.29, 1.82) is 0 Å². The van der Waals surface area contributed by atoms with Crippen molar-refractivity contribution in [2.45, 2.75) is 199 Å². The summed E-state index contributed by atoms with van der Waals surface area (Å²) in [7, 11) is 5.91. The van der Waals surface area contributed by atoms with Crippen molar-refractivity contribution >= 4 is 7.85 Å². The van der Waals surface area contributed by atoms with E-state index in [0.29, 0.717) is 12.9 Å². The Bertz CT molecular complexity index is 647. The van der Waals surface area contributed by atoms with Gasteiger partial charge in [-0.1, -0.05) is 146 Å². The Morgan fingerprint density at radius 1 is 0.512 bits per heavy atom. The second kappa shape index (κ2) is 30.9. The highest BCUT2D eigenvalue weighted by molar-refractivity contribution is 6.08. The van der Waals surface area contributed by atoms with Gasteiger partial charge >= 0.3 is 0 Å². The molecule has 1 atom stereocenters. The summed E-state index contributed by atoms with van der Waals surface area (Å²) < 4.78 is 12.6. The summed E-state index contributed by atoms with van der Waals surface area (Å²) in [6, 6.07) is 0. The van der Waals surface area contributed by atoms with Crippen molar-refractivity contribution in [2.75, 3.05) is 6.61 Å². The molecule has 0 aromatic rings. The molecule has 0 saturated carbocycles. The van der Waals surface area contributed by atoms with Crippen molar-refractivity contribution in [3.05, 3.63) is 48.6 Å². The average molecular weight is 595 g/mol. The van der Waals surface area contributed by atoms with Crippen LogP contribution >= 0.6 is 0 Å². The summed E-state index contributed by atoms with van der Waals surface area (Å²) in [6.07, 6.45) is 52.2. The first-order valence-corrected chi connectivity index (χ1v) is 18.9. The lowest BCUT2D eigenvalue weighted by Gasteiger charge is -2.28. The van der Waals surface area contributed by atoms with Crippen molar-refractivity contribution in [1.82, 2.24) is 0 Å². The summed E-state index contributed by atoms with van der Waals surface area (Å²) in [6.45, 7) is 5.20. The lowest BCUT2D eigenvalue weighted by molar-refractivity contribution is -0.177. The van der Waals surface area contributed by atoms with E-state index in [1.807, 2.05) is 0 Å². The standard InChI is InChI=1S/C40H71BO2/c1-3-5-7-9-11-13-15-17-19-21-23-25-27-29-31-33-35-40(42-38-39(37-41)43-40)36-34-32-30-28-26-24-22-20-18-16-14-12-10-8-6-4-2/h11-14,17-20,39H,3-10,15-16,21-38H2,1-2H3/b13-11-,14-12-,19-17-,20-18-. The molecule has 1 heterocycles. The van der Waals surface area contributed by atoms with Crippen LogP contribution < -0.4 is 0 Å². The molecule has 0 spiro atoms. The van der Waals surface area contributed by atoms with Gasteiger partial charge in [0, 0.05) is 12.8 Å². The van der Waals surface area contributed by atoms with E-state index >= 15 is 0 Å². The molecule has 0 amide bonds. The van der Waals surface area contributed by atoms with Gasteiger partial charge < -0.3 is 9.47 Å². The van der Waals surface area contributed by atoms with E-state index in [1.165, 1.54) is 141 Å². The molecule has 2 nitrogen and oxygen atoms in total. The fraction of sp³-hybridized carbons (Fsp3) is 0.800. The molecule has 3 heteroatoms. The summed E-state index contributed by atoms with van der Waals surface area (Å²) in [4.78, 5) is 0. The predicted molar refractivity (Wildman–Crippen MR) is 192 cm³/mol. The molecule has 0 aromatic heterocycles. The summed E-state index contributed by atoms with van der Waals surface area (Å²) in [5.41, 5.74) is 0. The Kier molecular flexibility index (Phi) is 28.8. The Hall–Kier alpha value is -1.06. The molecule has 1 aliphatic rings. The average Bonchev–Trinajstić information content (AvgIpc) is 3.44. The minimum absolute atomic E-state index is 0.0780. The molecular formula is C40H71BO2. The van der Waals surface area contributed by atoms with Gasteiger partial charge in [-0.25, -0.2) is 0 Å². The van der Waals surface area contributed by atoms with E-state index in [1.54, 1.807) is 0 Å². The zero-order valence-corrected chi connectivity index (χ0v) is 28.9. The van der Waals surface area contributed by atoms with Crippen LogP contribution in [0.15, 0.2) is 48.6 Å². The van der Waals surface area contributed by atoms with Crippen LogP contribution in [-0.2, 0) is 9.47 Å². The van der Waals surface area contributed by atoms with Crippen molar-refractivity contribution < 1.29 is 9.47 Å². The van der Waals surface area contributed by atoms with Crippen LogP contribution in [0.4, 0.5) is 0 Å². The Labute approximate surface area is 271 Å². The third kappa shape index (κ3) is 24.9. The van der Waals surface area contributed by atoms with E-state index in [-0.39, 0.29) is 11.9 Å². The Morgan fingerprint density at radius 2 is 0.884 bits per heavy atom. The second-order valence-corrected chi connectivity index (χ2v) is 12.9. The van der Waals surface area contributed by atoms with E-state index in [2.05, 4.69) is 62.5 Å². The molecule has 1 aliphatic heterocycles. The normalized spacial score (nSPS) is 17.1. The topological polar surface area (TPSA) is 18.5 Å². The van der Waals surface area contributed by atoms with Gasteiger partial charge in [0.15, 0.2) is 5.79 Å². The molecule has 0 N–H and O–H groups in total. The largest absolute Gasteiger partial charge is 0.347 e. The molecule has 1 rings (SSSR count). The molecule has 0 aliphatic carbocycles. The zero-order chi connectivity index (χ0) is 30.9. The van der Waals surface area contributed by atoms with Gasteiger partial charge in [-0.3, -0.25) is 0 Å². The van der Waals surface area contributed by atoms with Crippen LogP contribution in [0.3, 0.4) is 0 Å². The zero-order valence-electron chi connectivity index (χ0n) is 28.9. The SMILES string of the molecule is [B]CC1COC(CCCCCCCC/C=C\C/C=C\CCCCC)(CCCCCCCC/C=C\C/C=C\CCCCC)O1. The molecule has 2 radical (unpaired) electrons. The number of hydrogen-bond acceptors (Lipinski definition) is 2. The lowest BCUT2D eigenvalue weighted by Crippen LogP contribution is -2.31. The van der Waals surface area contributed by atoms with Crippen molar-refractivity contribution in [2.24, 2.45) is 0 Å². The molecule has 1 fully saturated rings. The maximum atomic E-state index is 6.37. The summed E-state index contributed by atoms with van der Waals surface area (Å²) >= 11 is 0.